The fourth-order valence-electron chi connectivity index (χ4n) is 2.53. The predicted molar refractivity (Wildman–Crippen MR) is 108 cm³/mol. The third kappa shape index (κ3) is 6.43. The second-order valence-corrected chi connectivity index (χ2v) is 7.93. The van der Waals surface area contributed by atoms with E-state index in [9.17, 15) is 17.6 Å². The van der Waals surface area contributed by atoms with Gasteiger partial charge in [-0.15, -0.1) is 0 Å². The van der Waals surface area contributed by atoms with Gasteiger partial charge in [0.1, 0.15) is 18.1 Å². The van der Waals surface area contributed by atoms with Crippen LogP contribution in [0.4, 0.5) is 10.1 Å². The van der Waals surface area contributed by atoms with E-state index in [1.54, 1.807) is 24.3 Å². The van der Waals surface area contributed by atoms with Crippen LogP contribution in [0.3, 0.4) is 0 Å². The fraction of sp³-hybridized carbons (Fsp3) is 0.350. The normalized spacial score (nSPS) is 11.1. The topological polar surface area (TPSA) is 84.9 Å². The molecule has 0 atom stereocenters. The van der Waals surface area contributed by atoms with Gasteiger partial charge in [0, 0.05) is 19.8 Å². The molecule has 0 fully saturated rings. The van der Waals surface area contributed by atoms with Crippen LogP contribution in [-0.4, -0.2) is 47.7 Å². The summed E-state index contributed by atoms with van der Waals surface area (Å²) >= 11 is 0. The van der Waals surface area contributed by atoms with Crippen molar-refractivity contribution >= 4 is 21.6 Å². The molecule has 0 aromatic heterocycles. The van der Waals surface area contributed by atoms with E-state index in [-0.39, 0.29) is 4.90 Å². The molecule has 0 aliphatic heterocycles. The van der Waals surface area contributed by atoms with Gasteiger partial charge in [0.2, 0.25) is 5.91 Å². The van der Waals surface area contributed by atoms with Crippen LogP contribution in [0.2, 0.25) is 0 Å². The third-order valence-electron chi connectivity index (χ3n) is 4.04. The molecule has 0 aliphatic rings. The molecule has 7 nitrogen and oxygen atoms in total. The molecule has 0 spiro atoms. The van der Waals surface area contributed by atoms with Crippen molar-refractivity contribution in [3.63, 3.8) is 0 Å². The van der Waals surface area contributed by atoms with E-state index in [0.717, 1.165) is 16.4 Å². The number of hydrogen-bond acceptors (Lipinski definition) is 5. The number of nitrogens with one attached hydrogen (secondary N) is 1. The lowest BCUT2D eigenvalue weighted by atomic mass is 10.3. The molecule has 1 N–H and O–H groups in total. The molecule has 0 radical (unpaired) electrons. The summed E-state index contributed by atoms with van der Waals surface area (Å²) in [6, 6.07) is 10.7. The molecule has 9 heteroatoms. The summed E-state index contributed by atoms with van der Waals surface area (Å²) in [7, 11) is -2.59. The first-order chi connectivity index (χ1) is 13.9. The summed E-state index contributed by atoms with van der Waals surface area (Å²) < 4.78 is 50.8. The Hall–Kier alpha value is -2.65. The van der Waals surface area contributed by atoms with Crippen LogP contribution in [0.1, 0.15) is 13.3 Å². The number of hydrogen-bond donors (Lipinski definition) is 1. The van der Waals surface area contributed by atoms with Crippen LogP contribution in [0.15, 0.2) is 53.4 Å². The maximum atomic E-state index is 13.2. The van der Waals surface area contributed by atoms with Crippen molar-refractivity contribution in [2.75, 3.05) is 37.7 Å². The number of methoxy groups -OCH3 is 1. The van der Waals surface area contributed by atoms with Crippen LogP contribution >= 0.6 is 0 Å². The van der Waals surface area contributed by atoms with E-state index >= 15 is 0 Å². The summed E-state index contributed by atoms with van der Waals surface area (Å²) in [5.41, 5.74) is 0.291. The number of rotatable bonds is 11. The molecule has 2 aromatic carbocycles. The molecule has 2 rings (SSSR count). The second-order valence-electron chi connectivity index (χ2n) is 6.06. The van der Waals surface area contributed by atoms with Gasteiger partial charge in [0.25, 0.3) is 10.0 Å². The first-order valence-electron chi connectivity index (χ1n) is 9.15. The molecule has 2 aromatic rings. The minimum absolute atomic E-state index is 0.112. The van der Waals surface area contributed by atoms with Crippen molar-refractivity contribution in [2.24, 2.45) is 0 Å². The van der Waals surface area contributed by atoms with Crippen molar-refractivity contribution < 1.29 is 27.1 Å². The first kappa shape index (κ1) is 22.6. The zero-order valence-electron chi connectivity index (χ0n) is 16.4. The second kappa shape index (κ2) is 10.8. The van der Waals surface area contributed by atoms with Crippen molar-refractivity contribution in [2.45, 2.75) is 18.2 Å². The van der Waals surface area contributed by atoms with Crippen LogP contribution in [-0.2, 0) is 19.6 Å². The molecular weight excluding hydrogens is 399 g/mol. The lowest BCUT2D eigenvalue weighted by Crippen LogP contribution is -2.41. The number of halogens is 1. The number of carbonyl (C=O) groups is 1. The molecule has 1 amide bonds. The van der Waals surface area contributed by atoms with Gasteiger partial charge >= 0.3 is 0 Å². The monoisotopic (exact) mass is 424 g/mol. The number of sulfonamides is 1. The van der Waals surface area contributed by atoms with Crippen molar-refractivity contribution in [1.82, 2.24) is 5.32 Å². The van der Waals surface area contributed by atoms with Crippen molar-refractivity contribution in [3.8, 4) is 5.75 Å². The Morgan fingerprint density at radius 1 is 1.10 bits per heavy atom. The Kier molecular flexibility index (Phi) is 8.41. The smallest absolute Gasteiger partial charge is 0.264 e. The Balaban J connectivity index is 2.23. The quantitative estimate of drug-likeness (QED) is 0.561. The van der Waals surface area contributed by atoms with E-state index in [1.807, 2.05) is 6.92 Å². The molecule has 158 valence electrons. The molecule has 29 heavy (non-hydrogen) atoms. The van der Waals surface area contributed by atoms with E-state index < -0.39 is 28.3 Å². The van der Waals surface area contributed by atoms with Gasteiger partial charge in [-0.2, -0.15) is 0 Å². The van der Waals surface area contributed by atoms with E-state index in [0.29, 0.717) is 37.6 Å². The highest BCUT2D eigenvalue weighted by Gasteiger charge is 2.27. The van der Waals surface area contributed by atoms with Gasteiger partial charge in [0.05, 0.1) is 17.7 Å². The highest BCUT2D eigenvalue weighted by Crippen LogP contribution is 2.25. The average molecular weight is 424 g/mol. The molecule has 0 aliphatic carbocycles. The largest absolute Gasteiger partial charge is 0.497 e. The first-order valence-corrected chi connectivity index (χ1v) is 10.6. The number of nitrogens with zero attached hydrogens (tertiary/aromatic N) is 1. The van der Waals surface area contributed by atoms with Gasteiger partial charge in [0.15, 0.2) is 0 Å². The predicted octanol–water partition coefficient (Wildman–Crippen LogP) is 2.57. The third-order valence-corrected chi connectivity index (χ3v) is 5.83. The molecular formula is C20H25FN2O5S. The van der Waals surface area contributed by atoms with E-state index in [4.69, 9.17) is 9.47 Å². The summed E-state index contributed by atoms with van der Waals surface area (Å²) in [6.07, 6.45) is 0.618. The number of carbonyl (C=O) groups excluding carboxylic acids is 1. The van der Waals surface area contributed by atoms with Crippen LogP contribution in [0.5, 0.6) is 5.75 Å². The SMILES string of the molecule is CCOCCCNC(=O)CN(c1ccc(OC)cc1)S(=O)(=O)c1ccc(F)cc1. The minimum Gasteiger partial charge on any atom is -0.497 e. The van der Waals surface area contributed by atoms with Gasteiger partial charge in [-0.05, 0) is 61.9 Å². The maximum absolute atomic E-state index is 13.2. The van der Waals surface area contributed by atoms with Crippen LogP contribution in [0.25, 0.3) is 0 Å². The van der Waals surface area contributed by atoms with Crippen molar-refractivity contribution in [1.29, 1.82) is 0 Å². The van der Waals surface area contributed by atoms with E-state index in [1.165, 1.54) is 19.2 Å². The molecule has 0 saturated heterocycles. The van der Waals surface area contributed by atoms with Gasteiger partial charge in [-0.1, -0.05) is 0 Å². The van der Waals surface area contributed by atoms with Crippen molar-refractivity contribution in [3.05, 3.63) is 54.3 Å². The van der Waals surface area contributed by atoms with E-state index in [2.05, 4.69) is 5.32 Å². The van der Waals surface area contributed by atoms with Crippen LogP contribution in [0, 0.1) is 5.82 Å². The highest BCUT2D eigenvalue weighted by molar-refractivity contribution is 7.92. The molecule has 0 saturated carbocycles. The van der Waals surface area contributed by atoms with Crippen LogP contribution < -0.4 is 14.4 Å². The van der Waals surface area contributed by atoms with Gasteiger partial charge in [-0.3, -0.25) is 9.10 Å². The summed E-state index contributed by atoms with van der Waals surface area (Å²) in [4.78, 5) is 12.3. The number of benzene rings is 2. The lowest BCUT2D eigenvalue weighted by molar-refractivity contribution is -0.119. The van der Waals surface area contributed by atoms with Gasteiger partial charge in [-0.25, -0.2) is 12.8 Å². The zero-order valence-corrected chi connectivity index (χ0v) is 17.2. The minimum atomic E-state index is -4.08. The summed E-state index contributed by atoms with van der Waals surface area (Å²) in [5.74, 6) is -0.455. The molecule has 0 bridgehead atoms. The zero-order chi connectivity index (χ0) is 21.3. The molecule has 0 heterocycles. The van der Waals surface area contributed by atoms with Gasteiger partial charge < -0.3 is 14.8 Å². The summed E-state index contributed by atoms with van der Waals surface area (Å²) in [5, 5.41) is 2.69. The Labute approximate surface area is 170 Å². The fourth-order valence-corrected chi connectivity index (χ4v) is 3.95. The highest BCUT2D eigenvalue weighted by atomic mass is 32.2. The number of ether oxygens (including phenoxy) is 2. The summed E-state index contributed by atoms with van der Waals surface area (Å²) in [6.45, 7) is 2.93. The number of anilines is 1. The Bertz CT molecular complexity index is 886. The standard InChI is InChI=1S/C20H25FN2O5S/c1-3-28-14-4-13-22-20(24)15-23(17-7-9-18(27-2)10-8-17)29(25,26)19-11-5-16(21)6-12-19/h5-12H,3-4,13-15H2,1-2H3,(H,22,24). The number of amides is 1. The maximum Gasteiger partial charge on any atom is 0.264 e. The molecule has 0 unspecified atom stereocenters. The Morgan fingerprint density at radius 2 is 1.76 bits per heavy atom. The Morgan fingerprint density at radius 3 is 2.34 bits per heavy atom. The lowest BCUT2D eigenvalue weighted by Gasteiger charge is -2.24. The average Bonchev–Trinajstić information content (AvgIpc) is 2.72.